The van der Waals surface area contributed by atoms with E-state index in [0.717, 1.165) is 44.6 Å². The summed E-state index contributed by atoms with van der Waals surface area (Å²) in [6.45, 7) is 0. The molecule has 0 radical (unpaired) electrons. The van der Waals surface area contributed by atoms with E-state index in [9.17, 15) is 0 Å². The maximum Gasteiger partial charge on any atom is 0.191 e. The van der Waals surface area contributed by atoms with E-state index < -0.39 is 0 Å². The van der Waals surface area contributed by atoms with E-state index in [1.165, 1.54) is 0 Å². The van der Waals surface area contributed by atoms with Crippen LogP contribution in [0.25, 0.3) is 22.8 Å². The third kappa shape index (κ3) is 3.54. The third-order valence-electron chi connectivity index (χ3n) is 4.70. The molecular weight excluding hydrogens is 426 g/mol. The van der Waals surface area contributed by atoms with Crippen LogP contribution in [-0.2, 0) is 7.05 Å². The molecule has 0 amide bonds. The van der Waals surface area contributed by atoms with Crippen LogP contribution < -0.4 is 0 Å². The quantitative estimate of drug-likeness (QED) is 0.429. The zero-order valence-electron chi connectivity index (χ0n) is 15.4. The molecule has 0 spiro atoms. The molecule has 0 fully saturated rings. The van der Waals surface area contributed by atoms with Gasteiger partial charge in [0.05, 0.1) is 6.04 Å². The van der Waals surface area contributed by atoms with Gasteiger partial charge >= 0.3 is 0 Å². The monoisotopic (exact) mass is 441 g/mol. The van der Waals surface area contributed by atoms with Gasteiger partial charge < -0.3 is 4.57 Å². The Kier molecular flexibility index (Phi) is 5.03. The van der Waals surface area contributed by atoms with Gasteiger partial charge in [-0.2, -0.15) is 0 Å². The van der Waals surface area contributed by atoms with Crippen LogP contribution in [0.15, 0.2) is 59.1 Å². The first-order valence-corrected chi connectivity index (χ1v) is 11.3. The van der Waals surface area contributed by atoms with Crippen LogP contribution in [0.1, 0.15) is 6.04 Å². The Morgan fingerprint density at radius 1 is 1.07 bits per heavy atom. The van der Waals surface area contributed by atoms with Crippen LogP contribution in [0.2, 0.25) is 5.02 Å². The van der Waals surface area contributed by atoms with Crippen LogP contribution in [0, 0.1) is 0 Å². The second-order valence-electron chi connectivity index (χ2n) is 6.57. The summed E-state index contributed by atoms with van der Waals surface area (Å²) in [5, 5.41) is 20.0. The number of pyridine rings is 1. The number of thioether (sulfide) groups is 2. The molecular formula is C19H16ClN7S2. The molecule has 4 aromatic rings. The molecule has 1 aliphatic rings. The zero-order valence-corrected chi connectivity index (χ0v) is 17.8. The van der Waals surface area contributed by atoms with Gasteiger partial charge in [-0.05, 0) is 36.4 Å². The molecule has 5 rings (SSSR count). The zero-order chi connectivity index (χ0) is 19.8. The highest BCUT2D eigenvalue weighted by Gasteiger charge is 2.29. The molecule has 10 heteroatoms. The van der Waals surface area contributed by atoms with E-state index in [2.05, 4.69) is 29.9 Å². The Balaban J connectivity index is 1.35. The average Bonchev–Trinajstić information content (AvgIpc) is 3.44. The molecule has 0 saturated carbocycles. The van der Waals surface area contributed by atoms with Gasteiger partial charge in [-0.3, -0.25) is 9.55 Å². The molecule has 3 aromatic heterocycles. The second kappa shape index (κ2) is 7.81. The number of hydrogen-bond acceptors (Lipinski definition) is 7. The number of nitrogens with zero attached hydrogens (tertiary/aromatic N) is 7. The lowest BCUT2D eigenvalue weighted by atomic mass is 10.2. The SMILES string of the molecule is Cn1c(SCC2CSc3nnc(-c4cccnc4)n32)nnc1-c1ccc(Cl)cc1. The fourth-order valence-electron chi connectivity index (χ4n) is 3.23. The second-order valence-corrected chi connectivity index (χ2v) is 8.98. The maximum absolute atomic E-state index is 5.99. The van der Waals surface area contributed by atoms with Crippen LogP contribution in [0.4, 0.5) is 0 Å². The van der Waals surface area contributed by atoms with E-state index in [0.29, 0.717) is 5.02 Å². The highest BCUT2D eigenvalue weighted by Crippen LogP contribution is 2.38. The first kappa shape index (κ1) is 18.7. The minimum Gasteiger partial charge on any atom is -0.305 e. The molecule has 0 aliphatic carbocycles. The minimum absolute atomic E-state index is 0.279. The summed E-state index contributed by atoms with van der Waals surface area (Å²) in [5.41, 5.74) is 1.97. The standard InChI is InChI=1S/C19H16ClN7S2/c1-26-16(12-4-6-14(20)7-5-12)22-24-18(26)28-10-15-11-29-19-25-23-17(27(15)19)13-3-2-8-21-9-13/h2-9,15H,10-11H2,1H3. The van der Waals surface area contributed by atoms with Crippen LogP contribution >= 0.6 is 35.1 Å². The van der Waals surface area contributed by atoms with Crippen molar-refractivity contribution in [3.05, 3.63) is 53.8 Å². The van der Waals surface area contributed by atoms with Crippen molar-refractivity contribution in [3.63, 3.8) is 0 Å². The molecule has 0 saturated heterocycles. The summed E-state index contributed by atoms with van der Waals surface area (Å²) in [6.07, 6.45) is 3.59. The number of benzene rings is 1. The summed E-state index contributed by atoms with van der Waals surface area (Å²) >= 11 is 9.42. The molecule has 0 N–H and O–H groups in total. The molecule has 29 heavy (non-hydrogen) atoms. The van der Waals surface area contributed by atoms with Crippen LogP contribution in [0.5, 0.6) is 0 Å². The number of halogens is 1. The van der Waals surface area contributed by atoms with Gasteiger partial charge in [-0.1, -0.05) is 35.1 Å². The smallest absolute Gasteiger partial charge is 0.191 e. The van der Waals surface area contributed by atoms with Crippen LogP contribution in [0.3, 0.4) is 0 Å². The fourth-order valence-corrected chi connectivity index (χ4v) is 5.57. The van der Waals surface area contributed by atoms with Crippen molar-refractivity contribution in [2.75, 3.05) is 11.5 Å². The van der Waals surface area contributed by atoms with Gasteiger partial charge in [0.25, 0.3) is 0 Å². The molecule has 146 valence electrons. The highest BCUT2D eigenvalue weighted by atomic mass is 35.5. The lowest BCUT2D eigenvalue weighted by molar-refractivity contribution is 0.596. The molecule has 0 bridgehead atoms. The van der Waals surface area contributed by atoms with E-state index in [1.54, 1.807) is 29.7 Å². The summed E-state index contributed by atoms with van der Waals surface area (Å²) < 4.78 is 4.23. The topological polar surface area (TPSA) is 74.3 Å². The normalized spacial score (nSPS) is 15.6. The van der Waals surface area contributed by atoms with Crippen molar-refractivity contribution < 1.29 is 0 Å². The van der Waals surface area contributed by atoms with E-state index in [-0.39, 0.29) is 6.04 Å². The van der Waals surface area contributed by atoms with Crippen molar-refractivity contribution in [3.8, 4) is 22.8 Å². The summed E-state index contributed by atoms with van der Waals surface area (Å²) in [6, 6.07) is 11.8. The lowest BCUT2D eigenvalue weighted by Gasteiger charge is -2.13. The number of hydrogen-bond donors (Lipinski definition) is 0. The van der Waals surface area contributed by atoms with Gasteiger partial charge in [-0.15, -0.1) is 20.4 Å². The first-order chi connectivity index (χ1) is 14.2. The Hall–Kier alpha value is -2.36. The molecule has 1 aromatic carbocycles. The van der Waals surface area contributed by atoms with Gasteiger partial charge in [0.2, 0.25) is 0 Å². The van der Waals surface area contributed by atoms with Gasteiger partial charge in [0.1, 0.15) is 0 Å². The lowest BCUT2D eigenvalue weighted by Crippen LogP contribution is -2.11. The van der Waals surface area contributed by atoms with E-state index >= 15 is 0 Å². The minimum atomic E-state index is 0.279. The van der Waals surface area contributed by atoms with Crippen LogP contribution in [-0.4, -0.2) is 46.0 Å². The van der Waals surface area contributed by atoms with E-state index in [1.807, 2.05) is 54.2 Å². The Bertz CT molecular complexity index is 1140. The number of rotatable bonds is 5. The third-order valence-corrected chi connectivity index (χ3v) is 7.20. The maximum atomic E-state index is 5.99. The van der Waals surface area contributed by atoms with E-state index in [4.69, 9.17) is 11.6 Å². The number of fused-ring (bicyclic) bond motifs is 1. The Morgan fingerprint density at radius 3 is 2.69 bits per heavy atom. The van der Waals surface area contributed by atoms with Crippen molar-refractivity contribution in [2.45, 2.75) is 16.4 Å². The van der Waals surface area contributed by atoms with Gasteiger partial charge in [0.15, 0.2) is 22.0 Å². The molecule has 1 aliphatic heterocycles. The molecule has 1 atom stereocenters. The Labute approximate surface area is 180 Å². The molecule has 1 unspecified atom stereocenters. The van der Waals surface area contributed by atoms with Crippen molar-refractivity contribution in [2.24, 2.45) is 7.05 Å². The largest absolute Gasteiger partial charge is 0.305 e. The average molecular weight is 442 g/mol. The predicted octanol–water partition coefficient (Wildman–Crippen LogP) is 4.23. The summed E-state index contributed by atoms with van der Waals surface area (Å²) in [7, 11) is 1.99. The van der Waals surface area contributed by atoms with Crippen molar-refractivity contribution >= 4 is 35.1 Å². The number of aromatic nitrogens is 7. The molecule has 7 nitrogen and oxygen atoms in total. The fraction of sp³-hybridized carbons (Fsp3) is 0.211. The Morgan fingerprint density at radius 2 is 1.90 bits per heavy atom. The summed E-state index contributed by atoms with van der Waals surface area (Å²) in [5.74, 6) is 3.51. The van der Waals surface area contributed by atoms with Crippen molar-refractivity contribution in [1.29, 1.82) is 0 Å². The van der Waals surface area contributed by atoms with Gasteiger partial charge in [-0.25, -0.2) is 0 Å². The molecule has 4 heterocycles. The van der Waals surface area contributed by atoms with Gasteiger partial charge in [0, 0.05) is 47.1 Å². The van der Waals surface area contributed by atoms with Crippen molar-refractivity contribution in [1.82, 2.24) is 34.5 Å². The summed E-state index contributed by atoms with van der Waals surface area (Å²) in [4.78, 5) is 4.21. The highest BCUT2D eigenvalue weighted by molar-refractivity contribution is 8.00. The predicted molar refractivity (Wildman–Crippen MR) is 115 cm³/mol. The first-order valence-electron chi connectivity index (χ1n) is 8.97.